The molecular formula is C22H19ClN2O4S. The van der Waals surface area contributed by atoms with Gasteiger partial charge in [0, 0.05) is 15.5 Å². The zero-order valence-electron chi connectivity index (χ0n) is 16.1. The summed E-state index contributed by atoms with van der Waals surface area (Å²) in [5.41, 5.74) is 3.76. The van der Waals surface area contributed by atoms with Crippen molar-refractivity contribution in [3.05, 3.63) is 77.0 Å². The lowest BCUT2D eigenvalue weighted by molar-refractivity contribution is -0.118. The number of furan rings is 1. The van der Waals surface area contributed by atoms with Gasteiger partial charge in [-0.25, -0.2) is 10.2 Å². The monoisotopic (exact) mass is 442 g/mol. The van der Waals surface area contributed by atoms with Gasteiger partial charge in [0.2, 0.25) is 5.91 Å². The van der Waals surface area contributed by atoms with Crippen molar-refractivity contribution in [2.45, 2.75) is 11.8 Å². The molecule has 0 radical (unpaired) electrons. The fourth-order valence-corrected chi connectivity index (χ4v) is 3.26. The third-order valence-corrected chi connectivity index (χ3v) is 5.14. The number of thioether (sulfide) groups is 1. The Balaban J connectivity index is 1.51. The average Bonchev–Trinajstić information content (AvgIpc) is 3.22. The number of rotatable bonds is 8. The minimum absolute atomic E-state index is 0.229. The molecule has 3 rings (SSSR count). The van der Waals surface area contributed by atoms with Crippen LogP contribution in [-0.4, -0.2) is 30.5 Å². The van der Waals surface area contributed by atoms with Crippen molar-refractivity contribution in [1.29, 1.82) is 0 Å². The first-order valence-electron chi connectivity index (χ1n) is 9.13. The number of nitrogens with one attached hydrogen (secondary N) is 1. The fourth-order valence-electron chi connectivity index (χ4n) is 2.44. The minimum Gasteiger partial charge on any atom is -0.462 e. The smallest absolute Gasteiger partial charge is 0.338 e. The Morgan fingerprint density at radius 1 is 1.10 bits per heavy atom. The molecule has 0 fully saturated rings. The number of hydrogen-bond donors (Lipinski definition) is 1. The van der Waals surface area contributed by atoms with Gasteiger partial charge in [0.15, 0.2) is 0 Å². The zero-order valence-corrected chi connectivity index (χ0v) is 17.7. The van der Waals surface area contributed by atoms with Crippen molar-refractivity contribution in [2.24, 2.45) is 5.10 Å². The number of esters is 1. The van der Waals surface area contributed by atoms with Crippen LogP contribution in [0.3, 0.4) is 0 Å². The van der Waals surface area contributed by atoms with Gasteiger partial charge < -0.3 is 9.15 Å². The number of ether oxygens (including phenoxy) is 1. The van der Waals surface area contributed by atoms with Crippen molar-refractivity contribution < 1.29 is 18.7 Å². The van der Waals surface area contributed by atoms with Crippen LogP contribution >= 0.6 is 23.4 Å². The summed E-state index contributed by atoms with van der Waals surface area (Å²) in [6.07, 6.45) is 1.43. The number of amides is 1. The lowest BCUT2D eigenvalue weighted by Gasteiger charge is -2.02. The summed E-state index contributed by atoms with van der Waals surface area (Å²) in [5, 5.41) is 4.57. The summed E-state index contributed by atoms with van der Waals surface area (Å²) in [4.78, 5) is 24.5. The molecule has 1 N–H and O–H groups in total. The number of halogens is 1. The van der Waals surface area contributed by atoms with Gasteiger partial charge in [0.1, 0.15) is 11.5 Å². The topological polar surface area (TPSA) is 80.9 Å². The van der Waals surface area contributed by atoms with Crippen LogP contribution in [0.1, 0.15) is 23.0 Å². The van der Waals surface area contributed by atoms with E-state index in [2.05, 4.69) is 10.5 Å². The van der Waals surface area contributed by atoms with Crippen LogP contribution in [0.25, 0.3) is 11.3 Å². The first-order valence-corrected chi connectivity index (χ1v) is 10.5. The number of benzene rings is 2. The Hall–Kier alpha value is -3.03. The van der Waals surface area contributed by atoms with Crippen molar-refractivity contribution in [1.82, 2.24) is 5.43 Å². The van der Waals surface area contributed by atoms with Gasteiger partial charge in [-0.15, -0.1) is 11.8 Å². The highest BCUT2D eigenvalue weighted by Gasteiger charge is 2.08. The molecule has 2 aromatic carbocycles. The van der Waals surface area contributed by atoms with E-state index in [0.29, 0.717) is 28.7 Å². The van der Waals surface area contributed by atoms with E-state index in [0.717, 1.165) is 10.5 Å². The van der Waals surface area contributed by atoms with Crippen LogP contribution in [0.5, 0.6) is 0 Å². The molecule has 0 spiro atoms. The highest BCUT2D eigenvalue weighted by molar-refractivity contribution is 8.00. The lowest BCUT2D eigenvalue weighted by Crippen LogP contribution is -2.19. The fraction of sp³-hybridized carbons (Fsp3) is 0.136. The molecule has 1 heterocycles. The van der Waals surface area contributed by atoms with Crippen LogP contribution < -0.4 is 5.43 Å². The molecule has 0 bridgehead atoms. The van der Waals surface area contributed by atoms with E-state index in [1.807, 2.05) is 12.1 Å². The Kier molecular flexibility index (Phi) is 7.70. The van der Waals surface area contributed by atoms with Gasteiger partial charge in [-0.2, -0.15) is 5.10 Å². The molecule has 0 saturated heterocycles. The molecule has 0 unspecified atom stereocenters. The van der Waals surface area contributed by atoms with Crippen LogP contribution in [0.15, 0.2) is 75.1 Å². The number of hydrazone groups is 1. The van der Waals surface area contributed by atoms with Crippen LogP contribution in [0, 0.1) is 0 Å². The van der Waals surface area contributed by atoms with Crippen LogP contribution in [-0.2, 0) is 9.53 Å². The third-order valence-electron chi connectivity index (χ3n) is 3.87. The highest BCUT2D eigenvalue weighted by atomic mass is 35.5. The molecule has 0 aliphatic heterocycles. The molecule has 1 amide bonds. The van der Waals surface area contributed by atoms with Crippen molar-refractivity contribution in [3.8, 4) is 11.3 Å². The minimum atomic E-state index is -0.360. The Morgan fingerprint density at radius 3 is 2.53 bits per heavy atom. The third kappa shape index (κ3) is 6.23. The largest absolute Gasteiger partial charge is 0.462 e. The van der Waals surface area contributed by atoms with Crippen LogP contribution in [0.4, 0.5) is 0 Å². The highest BCUT2D eigenvalue weighted by Crippen LogP contribution is 2.22. The Morgan fingerprint density at radius 2 is 1.83 bits per heavy atom. The van der Waals surface area contributed by atoms with Crippen molar-refractivity contribution in [2.75, 3.05) is 12.4 Å². The summed E-state index contributed by atoms with van der Waals surface area (Å²) in [6, 6.07) is 17.7. The first-order chi connectivity index (χ1) is 14.5. The van der Waals surface area contributed by atoms with E-state index in [-0.39, 0.29) is 17.6 Å². The Labute approximate surface area is 183 Å². The molecule has 30 heavy (non-hydrogen) atoms. The number of carbonyl (C=O) groups excluding carboxylic acids is 2. The normalized spacial score (nSPS) is 10.9. The van der Waals surface area contributed by atoms with Gasteiger partial charge in [0.05, 0.1) is 24.1 Å². The number of carbonyl (C=O) groups is 2. The molecule has 8 heteroatoms. The summed E-state index contributed by atoms with van der Waals surface area (Å²) in [5.74, 6) is 0.755. The maximum absolute atomic E-state index is 11.9. The van der Waals surface area contributed by atoms with Gasteiger partial charge in [-0.05, 0) is 55.5 Å². The van der Waals surface area contributed by atoms with Gasteiger partial charge >= 0.3 is 5.97 Å². The second kappa shape index (κ2) is 10.7. The molecule has 0 aliphatic rings. The van der Waals surface area contributed by atoms with Crippen molar-refractivity contribution in [3.63, 3.8) is 0 Å². The molecular weight excluding hydrogens is 424 g/mol. The van der Waals surface area contributed by atoms with E-state index in [1.54, 1.807) is 55.5 Å². The number of hydrogen-bond acceptors (Lipinski definition) is 6. The van der Waals surface area contributed by atoms with Crippen LogP contribution in [0.2, 0.25) is 5.02 Å². The summed E-state index contributed by atoms with van der Waals surface area (Å²) < 4.78 is 10.7. The second-order valence-corrected chi connectivity index (χ2v) is 7.52. The average molecular weight is 443 g/mol. The van der Waals surface area contributed by atoms with Gasteiger partial charge in [-0.3, -0.25) is 4.79 Å². The molecule has 0 atom stereocenters. The molecule has 1 aromatic heterocycles. The van der Waals surface area contributed by atoms with Crippen molar-refractivity contribution >= 4 is 41.5 Å². The summed E-state index contributed by atoms with van der Waals surface area (Å²) in [6.45, 7) is 2.09. The SMILES string of the molecule is CCOC(=O)c1ccc(-c2ccc(/C=N\NC(=O)CSc3ccc(Cl)cc3)o2)cc1. The molecule has 3 aromatic rings. The zero-order chi connectivity index (χ0) is 21.3. The predicted octanol–water partition coefficient (Wildman–Crippen LogP) is 5.02. The lowest BCUT2D eigenvalue weighted by atomic mass is 10.1. The standard InChI is InChI=1S/C22H19ClN2O4S/c1-2-28-22(27)16-5-3-15(4-6-16)20-12-9-18(29-20)13-24-25-21(26)14-30-19-10-7-17(23)8-11-19/h3-13H,2,14H2,1H3,(H,25,26)/b24-13-. The molecule has 0 saturated carbocycles. The van der Waals surface area contributed by atoms with E-state index >= 15 is 0 Å². The molecule has 0 aliphatic carbocycles. The summed E-state index contributed by atoms with van der Waals surface area (Å²) >= 11 is 7.23. The second-order valence-electron chi connectivity index (χ2n) is 6.04. The van der Waals surface area contributed by atoms with E-state index in [4.69, 9.17) is 20.8 Å². The summed E-state index contributed by atoms with van der Waals surface area (Å²) in [7, 11) is 0. The maximum atomic E-state index is 11.9. The quantitative estimate of drug-likeness (QED) is 0.229. The van der Waals surface area contributed by atoms with E-state index in [1.165, 1.54) is 18.0 Å². The molecule has 154 valence electrons. The predicted molar refractivity (Wildman–Crippen MR) is 118 cm³/mol. The van der Waals surface area contributed by atoms with E-state index < -0.39 is 0 Å². The van der Waals surface area contributed by atoms with E-state index in [9.17, 15) is 9.59 Å². The first kappa shape index (κ1) is 21.7. The van der Waals surface area contributed by atoms with Gasteiger partial charge in [0.25, 0.3) is 0 Å². The number of nitrogens with zero attached hydrogens (tertiary/aromatic N) is 1. The Bertz CT molecular complexity index is 1030. The van der Waals surface area contributed by atoms with Gasteiger partial charge in [-0.1, -0.05) is 23.7 Å². The molecule has 6 nitrogen and oxygen atoms in total. The maximum Gasteiger partial charge on any atom is 0.338 e.